The zero-order valence-electron chi connectivity index (χ0n) is 15.9. The predicted octanol–water partition coefficient (Wildman–Crippen LogP) is 2.13. The fraction of sp³-hybridized carbons (Fsp3) is 0.353. The SMILES string of the molecule is C/C(=N\O)C1(C)CC(c2cc(-n3c(=O)n(C)c(=S)n(C)c3=O)c(F)cc2Cl)=NO1. The van der Waals surface area contributed by atoms with Crippen molar-refractivity contribution in [1.82, 2.24) is 13.7 Å². The molecule has 0 fully saturated rings. The molecule has 1 aromatic heterocycles. The van der Waals surface area contributed by atoms with Crippen LogP contribution in [-0.2, 0) is 18.9 Å². The molecule has 0 spiro atoms. The summed E-state index contributed by atoms with van der Waals surface area (Å²) < 4.78 is 17.5. The van der Waals surface area contributed by atoms with Gasteiger partial charge in [0.2, 0.25) is 0 Å². The summed E-state index contributed by atoms with van der Waals surface area (Å²) in [6.45, 7) is 3.23. The minimum absolute atomic E-state index is 0.00561. The smallest absolute Gasteiger partial charge is 0.338 e. The summed E-state index contributed by atoms with van der Waals surface area (Å²) in [5.41, 5.74) is -2.01. The van der Waals surface area contributed by atoms with E-state index in [-0.39, 0.29) is 33.2 Å². The van der Waals surface area contributed by atoms with E-state index < -0.39 is 22.8 Å². The normalized spacial score (nSPS) is 19.2. The van der Waals surface area contributed by atoms with Gasteiger partial charge in [-0.2, -0.15) is 0 Å². The Morgan fingerprint density at radius 3 is 2.48 bits per heavy atom. The van der Waals surface area contributed by atoms with E-state index in [1.165, 1.54) is 20.2 Å². The quantitative estimate of drug-likeness (QED) is 0.340. The Balaban J connectivity index is 2.21. The highest BCUT2D eigenvalue weighted by molar-refractivity contribution is 7.71. The van der Waals surface area contributed by atoms with Gasteiger partial charge in [-0.3, -0.25) is 9.13 Å². The van der Waals surface area contributed by atoms with E-state index >= 15 is 0 Å². The molecule has 0 aliphatic carbocycles. The molecule has 154 valence electrons. The van der Waals surface area contributed by atoms with Crippen molar-refractivity contribution in [1.29, 1.82) is 0 Å². The van der Waals surface area contributed by atoms with Gasteiger partial charge >= 0.3 is 11.4 Å². The van der Waals surface area contributed by atoms with Crippen molar-refractivity contribution in [3.05, 3.63) is 54.3 Å². The average Bonchev–Trinajstić information content (AvgIpc) is 3.09. The van der Waals surface area contributed by atoms with E-state index in [4.69, 9.17) is 33.9 Å². The van der Waals surface area contributed by atoms with E-state index in [0.29, 0.717) is 10.3 Å². The molecule has 2 aromatic rings. The standard InChI is InChI=1S/C17H17ClFN5O4S/c1-8(20-27)17(2)7-12(21-28-17)9-5-13(11(19)6-10(9)18)24-14(25)22(3)16(29)23(4)15(24)26/h5-6,27H,7H2,1-4H3/b20-8+. The first-order valence-electron chi connectivity index (χ1n) is 8.35. The van der Waals surface area contributed by atoms with E-state index in [0.717, 1.165) is 15.2 Å². The molecule has 0 amide bonds. The zero-order valence-corrected chi connectivity index (χ0v) is 17.5. The summed E-state index contributed by atoms with van der Waals surface area (Å²) in [4.78, 5) is 30.6. The van der Waals surface area contributed by atoms with Crippen molar-refractivity contribution >= 4 is 35.2 Å². The topological polar surface area (TPSA) is 103 Å². The molecule has 1 N–H and O–H groups in total. The van der Waals surface area contributed by atoms with Crippen molar-refractivity contribution in [2.75, 3.05) is 0 Å². The monoisotopic (exact) mass is 441 g/mol. The van der Waals surface area contributed by atoms with Crippen LogP contribution < -0.4 is 11.4 Å². The van der Waals surface area contributed by atoms with Gasteiger partial charge in [0.15, 0.2) is 10.4 Å². The summed E-state index contributed by atoms with van der Waals surface area (Å²) in [6, 6.07) is 2.24. The highest BCUT2D eigenvalue weighted by atomic mass is 35.5. The van der Waals surface area contributed by atoms with Gasteiger partial charge in [0, 0.05) is 26.1 Å². The van der Waals surface area contributed by atoms with Crippen LogP contribution in [0.5, 0.6) is 0 Å². The van der Waals surface area contributed by atoms with Crippen molar-refractivity contribution in [2.24, 2.45) is 24.4 Å². The van der Waals surface area contributed by atoms with Gasteiger partial charge in [-0.1, -0.05) is 21.9 Å². The van der Waals surface area contributed by atoms with Crippen LogP contribution in [0.4, 0.5) is 4.39 Å². The number of benzene rings is 1. The third-order valence-corrected chi connectivity index (χ3v) is 5.76. The first-order chi connectivity index (χ1) is 13.5. The molecule has 0 saturated carbocycles. The van der Waals surface area contributed by atoms with Gasteiger partial charge in [0.25, 0.3) is 0 Å². The number of aromatic nitrogens is 3. The number of oxime groups is 2. The van der Waals surface area contributed by atoms with Crippen LogP contribution in [0.25, 0.3) is 5.69 Å². The second-order valence-electron chi connectivity index (χ2n) is 6.81. The van der Waals surface area contributed by atoms with Crippen LogP contribution in [0.15, 0.2) is 32.0 Å². The van der Waals surface area contributed by atoms with Gasteiger partial charge in [0.05, 0.1) is 16.4 Å². The van der Waals surface area contributed by atoms with Gasteiger partial charge in [-0.25, -0.2) is 18.5 Å². The van der Waals surface area contributed by atoms with E-state index in [1.807, 2.05) is 0 Å². The number of rotatable bonds is 3. The van der Waals surface area contributed by atoms with Crippen molar-refractivity contribution in [2.45, 2.75) is 25.9 Å². The molecular weight excluding hydrogens is 425 g/mol. The molecule has 12 heteroatoms. The second kappa shape index (κ2) is 7.23. The fourth-order valence-electron chi connectivity index (χ4n) is 2.89. The molecule has 2 heterocycles. The van der Waals surface area contributed by atoms with Crippen LogP contribution >= 0.6 is 23.8 Å². The Hall–Kier alpha value is -2.79. The Morgan fingerprint density at radius 2 is 1.93 bits per heavy atom. The summed E-state index contributed by atoms with van der Waals surface area (Å²) in [7, 11) is 2.76. The van der Waals surface area contributed by atoms with Gasteiger partial charge in [-0.15, -0.1) is 0 Å². The minimum Gasteiger partial charge on any atom is -0.411 e. The lowest BCUT2D eigenvalue weighted by Crippen LogP contribution is -2.43. The molecule has 29 heavy (non-hydrogen) atoms. The lowest BCUT2D eigenvalue weighted by atomic mass is 9.92. The van der Waals surface area contributed by atoms with Crippen LogP contribution in [0.1, 0.15) is 25.8 Å². The lowest BCUT2D eigenvalue weighted by Gasteiger charge is -2.19. The molecule has 0 radical (unpaired) electrons. The molecular formula is C17H17ClFN5O4S. The maximum absolute atomic E-state index is 14.7. The second-order valence-corrected chi connectivity index (χ2v) is 7.58. The Morgan fingerprint density at radius 1 is 1.34 bits per heavy atom. The van der Waals surface area contributed by atoms with Crippen LogP contribution in [0.2, 0.25) is 5.02 Å². The van der Waals surface area contributed by atoms with E-state index in [9.17, 15) is 14.0 Å². The minimum atomic E-state index is -1.01. The zero-order chi connectivity index (χ0) is 21.7. The maximum atomic E-state index is 14.7. The van der Waals surface area contributed by atoms with Gasteiger partial charge in [0.1, 0.15) is 11.5 Å². The third kappa shape index (κ3) is 3.29. The Kier molecular flexibility index (Phi) is 5.22. The molecule has 1 aliphatic rings. The average molecular weight is 442 g/mol. The predicted molar refractivity (Wildman–Crippen MR) is 108 cm³/mol. The fourth-order valence-corrected chi connectivity index (χ4v) is 3.31. The molecule has 0 bridgehead atoms. The first-order valence-corrected chi connectivity index (χ1v) is 9.13. The highest BCUT2D eigenvalue weighted by Crippen LogP contribution is 2.32. The molecule has 9 nitrogen and oxygen atoms in total. The van der Waals surface area contributed by atoms with Gasteiger partial charge in [-0.05, 0) is 38.2 Å². The van der Waals surface area contributed by atoms with Crippen molar-refractivity contribution in [3.63, 3.8) is 0 Å². The molecule has 1 aliphatic heterocycles. The number of hydrogen-bond acceptors (Lipinski definition) is 7. The number of halogens is 2. The molecule has 0 saturated heterocycles. The summed E-state index contributed by atoms with van der Waals surface area (Å²) in [5, 5.41) is 16.2. The molecule has 1 atom stereocenters. The maximum Gasteiger partial charge on any atom is 0.338 e. The summed E-state index contributed by atoms with van der Waals surface area (Å²) >= 11 is 11.2. The largest absolute Gasteiger partial charge is 0.411 e. The summed E-state index contributed by atoms with van der Waals surface area (Å²) in [5.74, 6) is -0.870. The highest BCUT2D eigenvalue weighted by Gasteiger charge is 2.39. The van der Waals surface area contributed by atoms with Gasteiger partial charge < -0.3 is 10.0 Å². The van der Waals surface area contributed by atoms with Crippen LogP contribution in [0, 0.1) is 10.6 Å². The molecule has 1 aromatic carbocycles. The summed E-state index contributed by atoms with van der Waals surface area (Å²) in [6.07, 6.45) is 0.180. The number of nitrogens with zero attached hydrogens (tertiary/aromatic N) is 5. The molecule has 1 unspecified atom stereocenters. The van der Waals surface area contributed by atoms with Crippen molar-refractivity contribution < 1.29 is 14.4 Å². The van der Waals surface area contributed by atoms with Crippen LogP contribution in [-0.4, -0.2) is 35.9 Å². The Bertz CT molecular complexity index is 1220. The van der Waals surface area contributed by atoms with Crippen LogP contribution in [0.3, 0.4) is 0 Å². The van der Waals surface area contributed by atoms with E-state index in [1.54, 1.807) is 13.8 Å². The van der Waals surface area contributed by atoms with Crippen molar-refractivity contribution in [3.8, 4) is 5.69 Å². The first kappa shape index (κ1) is 20.9. The van der Waals surface area contributed by atoms with E-state index in [2.05, 4.69) is 10.3 Å². The lowest BCUT2D eigenvalue weighted by molar-refractivity contribution is 0.0492. The number of hydrogen-bond donors (Lipinski definition) is 1. The molecule has 3 rings (SSSR count). The third-order valence-electron chi connectivity index (χ3n) is 4.90. The Labute approximate surface area is 173 Å².